The number of hydrogen-bond acceptors (Lipinski definition) is 7. The number of aromatic nitrogens is 1. The standard InChI is InChI=1S/C16H15N3O5S/c1-8-13(15(22)23-2)25-16(17-8)19-12(20)7-11-14(21)18-9-5-3-4-6-10(9)24-11/h3-6,11H,7H2,1-2H3,(H,18,21)(H,17,19,20). The summed E-state index contributed by atoms with van der Waals surface area (Å²) in [6, 6.07) is 6.99. The minimum atomic E-state index is -0.934. The van der Waals surface area contributed by atoms with Crippen LogP contribution in [0.3, 0.4) is 0 Å². The van der Waals surface area contributed by atoms with E-state index in [9.17, 15) is 14.4 Å². The van der Waals surface area contributed by atoms with Gasteiger partial charge < -0.3 is 20.1 Å². The first-order valence-electron chi connectivity index (χ1n) is 7.40. The lowest BCUT2D eigenvalue weighted by molar-refractivity contribution is -0.128. The second-order valence-electron chi connectivity index (χ2n) is 5.27. The van der Waals surface area contributed by atoms with Crippen LogP contribution < -0.4 is 15.4 Å². The average Bonchev–Trinajstić information content (AvgIpc) is 2.95. The summed E-state index contributed by atoms with van der Waals surface area (Å²) >= 11 is 1.01. The highest BCUT2D eigenvalue weighted by Crippen LogP contribution is 2.30. The van der Waals surface area contributed by atoms with E-state index in [1.165, 1.54) is 7.11 Å². The summed E-state index contributed by atoms with van der Waals surface area (Å²) in [7, 11) is 1.27. The highest BCUT2D eigenvalue weighted by atomic mass is 32.1. The molecule has 2 amide bonds. The number of carbonyl (C=O) groups excluding carboxylic acids is 3. The quantitative estimate of drug-likeness (QED) is 0.807. The Labute approximate surface area is 147 Å². The number of amides is 2. The lowest BCUT2D eigenvalue weighted by Crippen LogP contribution is -2.39. The van der Waals surface area contributed by atoms with Gasteiger partial charge in [0.1, 0.15) is 10.6 Å². The summed E-state index contributed by atoms with van der Waals surface area (Å²) < 4.78 is 10.2. The van der Waals surface area contributed by atoms with E-state index in [0.717, 1.165) is 11.3 Å². The number of ether oxygens (including phenoxy) is 2. The zero-order valence-corrected chi connectivity index (χ0v) is 14.3. The van der Waals surface area contributed by atoms with E-state index < -0.39 is 18.0 Å². The fourth-order valence-electron chi connectivity index (χ4n) is 2.30. The Morgan fingerprint density at radius 3 is 2.92 bits per heavy atom. The highest BCUT2D eigenvalue weighted by Gasteiger charge is 2.30. The van der Waals surface area contributed by atoms with Crippen molar-refractivity contribution in [3.63, 3.8) is 0 Å². The number of nitrogens with one attached hydrogen (secondary N) is 2. The van der Waals surface area contributed by atoms with Crippen LogP contribution in [0.25, 0.3) is 0 Å². The summed E-state index contributed by atoms with van der Waals surface area (Å²) in [5.74, 6) is -0.829. The van der Waals surface area contributed by atoms with Crippen LogP contribution in [0.1, 0.15) is 21.8 Å². The van der Waals surface area contributed by atoms with Crippen molar-refractivity contribution in [1.82, 2.24) is 4.98 Å². The van der Waals surface area contributed by atoms with Gasteiger partial charge in [-0.25, -0.2) is 9.78 Å². The minimum Gasteiger partial charge on any atom is -0.478 e. The molecule has 1 aromatic carbocycles. The predicted octanol–water partition coefficient (Wildman–Crippen LogP) is 1.97. The molecule has 1 aromatic heterocycles. The van der Waals surface area contributed by atoms with E-state index in [1.54, 1.807) is 31.2 Å². The lowest BCUT2D eigenvalue weighted by atomic mass is 10.1. The first-order chi connectivity index (χ1) is 12.0. The number of hydrogen-bond donors (Lipinski definition) is 2. The van der Waals surface area contributed by atoms with E-state index in [2.05, 4.69) is 20.4 Å². The van der Waals surface area contributed by atoms with Crippen molar-refractivity contribution in [1.29, 1.82) is 0 Å². The molecule has 1 atom stereocenters. The van der Waals surface area contributed by atoms with Crippen molar-refractivity contribution in [2.24, 2.45) is 0 Å². The second-order valence-corrected chi connectivity index (χ2v) is 6.27. The largest absolute Gasteiger partial charge is 0.478 e. The Kier molecular flexibility index (Phi) is 4.66. The second kappa shape index (κ2) is 6.89. The molecule has 2 N–H and O–H groups in total. The summed E-state index contributed by atoms with van der Waals surface area (Å²) in [5.41, 5.74) is 1.04. The number of benzene rings is 1. The van der Waals surface area contributed by atoms with Crippen LogP contribution in [-0.2, 0) is 14.3 Å². The Hall–Kier alpha value is -2.94. The van der Waals surface area contributed by atoms with Crippen molar-refractivity contribution in [2.45, 2.75) is 19.4 Å². The SMILES string of the molecule is COC(=O)c1sc(NC(=O)CC2Oc3ccccc3NC2=O)nc1C. The number of para-hydroxylation sites is 2. The van der Waals surface area contributed by atoms with Gasteiger partial charge in [-0.15, -0.1) is 0 Å². The van der Waals surface area contributed by atoms with Crippen LogP contribution in [0, 0.1) is 6.92 Å². The fourth-order valence-corrected chi connectivity index (χ4v) is 3.20. The van der Waals surface area contributed by atoms with Gasteiger partial charge in [0.25, 0.3) is 5.91 Å². The molecule has 25 heavy (non-hydrogen) atoms. The van der Waals surface area contributed by atoms with E-state index in [1.807, 2.05) is 0 Å². The third-order valence-corrected chi connectivity index (χ3v) is 4.54. The molecule has 0 fully saturated rings. The molecule has 8 nitrogen and oxygen atoms in total. The van der Waals surface area contributed by atoms with Crippen LogP contribution in [0.4, 0.5) is 10.8 Å². The number of anilines is 2. The maximum Gasteiger partial charge on any atom is 0.350 e. The van der Waals surface area contributed by atoms with Crippen LogP contribution in [0.5, 0.6) is 5.75 Å². The normalized spacial score (nSPS) is 15.6. The Morgan fingerprint density at radius 2 is 2.16 bits per heavy atom. The lowest BCUT2D eigenvalue weighted by Gasteiger charge is -2.25. The smallest absolute Gasteiger partial charge is 0.350 e. The molecule has 0 aliphatic carbocycles. The van der Waals surface area contributed by atoms with Gasteiger partial charge in [-0.3, -0.25) is 9.59 Å². The van der Waals surface area contributed by atoms with Crippen molar-refractivity contribution in [2.75, 3.05) is 17.7 Å². The number of esters is 1. The van der Waals surface area contributed by atoms with Crippen molar-refractivity contribution in [3.05, 3.63) is 34.8 Å². The molecule has 0 saturated carbocycles. The van der Waals surface area contributed by atoms with Crippen LogP contribution in [-0.4, -0.2) is 36.0 Å². The first kappa shape index (κ1) is 16.9. The number of thiazole rings is 1. The van der Waals surface area contributed by atoms with E-state index >= 15 is 0 Å². The van der Waals surface area contributed by atoms with Gasteiger partial charge in [-0.2, -0.15) is 0 Å². The summed E-state index contributed by atoms with van der Waals surface area (Å²) in [6.07, 6.45) is -1.11. The third-order valence-electron chi connectivity index (χ3n) is 3.49. The Bertz CT molecular complexity index is 848. The highest BCUT2D eigenvalue weighted by molar-refractivity contribution is 7.17. The fraction of sp³-hybridized carbons (Fsp3) is 0.250. The van der Waals surface area contributed by atoms with Crippen molar-refractivity contribution in [3.8, 4) is 5.75 Å². The Balaban J connectivity index is 1.65. The topological polar surface area (TPSA) is 107 Å². The van der Waals surface area contributed by atoms with Crippen molar-refractivity contribution < 1.29 is 23.9 Å². The molecule has 9 heteroatoms. The maximum atomic E-state index is 12.2. The Morgan fingerprint density at radius 1 is 1.40 bits per heavy atom. The van der Waals surface area contributed by atoms with E-state index in [-0.39, 0.29) is 17.5 Å². The first-order valence-corrected chi connectivity index (χ1v) is 8.21. The van der Waals surface area contributed by atoms with Crippen LogP contribution in [0.2, 0.25) is 0 Å². The monoisotopic (exact) mass is 361 g/mol. The molecule has 1 aliphatic rings. The molecule has 1 aliphatic heterocycles. The molecule has 0 radical (unpaired) electrons. The molecule has 3 rings (SSSR count). The summed E-state index contributed by atoms with van der Waals surface area (Å²) in [6.45, 7) is 1.65. The minimum absolute atomic E-state index is 0.174. The van der Waals surface area contributed by atoms with Gasteiger partial charge in [-0.1, -0.05) is 23.5 Å². The van der Waals surface area contributed by atoms with Gasteiger partial charge >= 0.3 is 5.97 Å². The number of nitrogens with zero attached hydrogens (tertiary/aromatic N) is 1. The van der Waals surface area contributed by atoms with Crippen LogP contribution >= 0.6 is 11.3 Å². The molecule has 2 heterocycles. The summed E-state index contributed by atoms with van der Waals surface area (Å²) in [5, 5.41) is 5.53. The number of methoxy groups -OCH3 is 1. The molecule has 0 saturated heterocycles. The number of carbonyl (C=O) groups is 3. The van der Waals surface area contributed by atoms with Gasteiger partial charge in [0.15, 0.2) is 11.2 Å². The van der Waals surface area contributed by atoms with Crippen molar-refractivity contribution >= 4 is 39.9 Å². The average molecular weight is 361 g/mol. The molecule has 2 aromatic rings. The van der Waals surface area contributed by atoms with Gasteiger partial charge in [0.2, 0.25) is 5.91 Å². The predicted molar refractivity (Wildman–Crippen MR) is 90.9 cm³/mol. The zero-order valence-electron chi connectivity index (χ0n) is 13.5. The molecule has 130 valence electrons. The van der Waals surface area contributed by atoms with E-state index in [0.29, 0.717) is 22.0 Å². The maximum absolute atomic E-state index is 12.2. The zero-order chi connectivity index (χ0) is 18.0. The molecular formula is C16H15N3O5S. The van der Waals surface area contributed by atoms with Crippen LogP contribution in [0.15, 0.2) is 24.3 Å². The third kappa shape index (κ3) is 3.61. The number of aryl methyl sites for hydroxylation is 1. The molecule has 0 bridgehead atoms. The summed E-state index contributed by atoms with van der Waals surface area (Å²) in [4.78, 5) is 40.2. The van der Waals surface area contributed by atoms with Gasteiger partial charge in [0.05, 0.1) is 24.9 Å². The van der Waals surface area contributed by atoms with Gasteiger partial charge in [-0.05, 0) is 19.1 Å². The van der Waals surface area contributed by atoms with E-state index in [4.69, 9.17) is 4.74 Å². The molecule has 1 unspecified atom stereocenters. The molecule has 0 spiro atoms. The molecular weight excluding hydrogens is 346 g/mol. The number of rotatable bonds is 4. The number of fused-ring (bicyclic) bond motifs is 1. The van der Waals surface area contributed by atoms with Gasteiger partial charge in [0, 0.05) is 0 Å².